The maximum atomic E-state index is 12.8. The maximum Gasteiger partial charge on any atom is 0.227 e. The van der Waals surface area contributed by atoms with Crippen molar-refractivity contribution in [2.75, 3.05) is 20.2 Å². The zero-order valence-corrected chi connectivity index (χ0v) is 16.8. The predicted molar refractivity (Wildman–Crippen MR) is 109 cm³/mol. The molecule has 0 radical (unpaired) electrons. The number of benzene rings is 1. The van der Waals surface area contributed by atoms with Crippen LogP contribution in [0, 0.1) is 6.92 Å². The normalized spacial score (nSPS) is 16.6. The summed E-state index contributed by atoms with van der Waals surface area (Å²) in [5, 5.41) is 0. The van der Waals surface area contributed by atoms with Crippen molar-refractivity contribution < 1.29 is 9.53 Å². The molecule has 1 aliphatic rings. The van der Waals surface area contributed by atoms with Crippen LogP contribution in [-0.4, -0.2) is 50.5 Å². The molecule has 0 bridgehead atoms. The Labute approximate surface area is 170 Å². The summed E-state index contributed by atoms with van der Waals surface area (Å²) in [6.07, 6.45) is 9.57. The van der Waals surface area contributed by atoms with Crippen LogP contribution in [0.3, 0.4) is 0 Å². The molecule has 3 aromatic rings. The Kier molecular flexibility index (Phi) is 5.55. The largest absolute Gasteiger partial charge is 0.497 e. The van der Waals surface area contributed by atoms with Gasteiger partial charge < -0.3 is 9.64 Å². The number of methoxy groups -OCH3 is 1. The molecule has 1 atom stereocenters. The number of carbonyl (C=O) groups excluding carboxylic acids is 1. The summed E-state index contributed by atoms with van der Waals surface area (Å²) in [7, 11) is 1.64. The van der Waals surface area contributed by atoms with E-state index in [1.54, 1.807) is 19.5 Å². The molecule has 0 spiro atoms. The van der Waals surface area contributed by atoms with E-state index < -0.39 is 0 Å². The highest BCUT2D eigenvalue weighted by molar-refractivity contribution is 5.79. The second-order valence-electron chi connectivity index (χ2n) is 7.35. The number of hydrogen-bond acceptors (Lipinski definition) is 5. The molecule has 2 aromatic heterocycles. The molecule has 150 valence electrons. The topological polar surface area (TPSA) is 73.1 Å². The minimum Gasteiger partial charge on any atom is -0.497 e. The Morgan fingerprint density at radius 1 is 1.24 bits per heavy atom. The fourth-order valence-corrected chi connectivity index (χ4v) is 3.78. The summed E-state index contributed by atoms with van der Waals surface area (Å²) in [6, 6.07) is 7.67. The van der Waals surface area contributed by atoms with E-state index in [2.05, 4.69) is 9.97 Å². The average Bonchev–Trinajstić information content (AvgIpc) is 3.20. The van der Waals surface area contributed by atoms with Crippen LogP contribution in [-0.2, 0) is 11.2 Å². The lowest BCUT2D eigenvalue weighted by atomic mass is 9.94. The quantitative estimate of drug-likeness (QED) is 0.669. The summed E-state index contributed by atoms with van der Waals surface area (Å²) < 4.78 is 7.11. The van der Waals surface area contributed by atoms with Crippen molar-refractivity contribution in [2.45, 2.75) is 32.1 Å². The zero-order valence-electron chi connectivity index (χ0n) is 16.8. The highest BCUT2D eigenvalue weighted by atomic mass is 16.5. The highest BCUT2D eigenvalue weighted by Gasteiger charge is 2.26. The van der Waals surface area contributed by atoms with Crippen molar-refractivity contribution in [2.24, 2.45) is 0 Å². The standard InChI is InChI=1S/C22H25N5O2/c1-16-24-9-11-27(16)21-14-23-13-20(25-21)18-4-3-10-26(15-18)22(28)12-17-5-7-19(29-2)8-6-17/h5-9,11,13-14,18H,3-4,10,12,15H2,1-2H3/t18-/m1/s1. The van der Waals surface area contributed by atoms with E-state index in [1.807, 2.05) is 53.0 Å². The van der Waals surface area contributed by atoms with Gasteiger partial charge in [-0.15, -0.1) is 0 Å². The lowest BCUT2D eigenvalue weighted by molar-refractivity contribution is -0.131. The maximum absolute atomic E-state index is 12.8. The van der Waals surface area contributed by atoms with Gasteiger partial charge in [0.25, 0.3) is 0 Å². The van der Waals surface area contributed by atoms with Gasteiger partial charge in [0.15, 0.2) is 5.82 Å². The molecule has 7 nitrogen and oxygen atoms in total. The average molecular weight is 391 g/mol. The van der Waals surface area contributed by atoms with Crippen LogP contribution in [0.15, 0.2) is 49.1 Å². The van der Waals surface area contributed by atoms with E-state index in [1.165, 1.54) is 0 Å². The molecule has 0 saturated carbocycles. The molecule has 1 aliphatic heterocycles. The Morgan fingerprint density at radius 3 is 2.79 bits per heavy atom. The van der Waals surface area contributed by atoms with Crippen molar-refractivity contribution >= 4 is 5.91 Å². The molecule has 0 aliphatic carbocycles. The first-order valence-corrected chi connectivity index (χ1v) is 9.87. The molecule has 1 fully saturated rings. The Bertz CT molecular complexity index is 983. The van der Waals surface area contributed by atoms with E-state index in [9.17, 15) is 4.79 Å². The van der Waals surface area contributed by atoms with Crippen LogP contribution in [0.4, 0.5) is 0 Å². The van der Waals surface area contributed by atoms with Gasteiger partial charge in [-0.25, -0.2) is 9.97 Å². The number of amides is 1. The minimum absolute atomic E-state index is 0.148. The second kappa shape index (κ2) is 8.43. The van der Waals surface area contributed by atoms with E-state index in [-0.39, 0.29) is 11.8 Å². The van der Waals surface area contributed by atoms with Gasteiger partial charge in [-0.05, 0) is 37.5 Å². The van der Waals surface area contributed by atoms with E-state index in [0.29, 0.717) is 13.0 Å². The van der Waals surface area contributed by atoms with Crippen molar-refractivity contribution in [1.82, 2.24) is 24.4 Å². The van der Waals surface area contributed by atoms with Gasteiger partial charge in [0, 0.05) is 37.6 Å². The molecule has 1 amide bonds. The van der Waals surface area contributed by atoms with Crippen LogP contribution in [0.25, 0.3) is 5.82 Å². The van der Waals surface area contributed by atoms with Crippen LogP contribution >= 0.6 is 0 Å². The van der Waals surface area contributed by atoms with Gasteiger partial charge in [-0.1, -0.05) is 12.1 Å². The monoisotopic (exact) mass is 391 g/mol. The third-order valence-electron chi connectivity index (χ3n) is 5.42. The zero-order chi connectivity index (χ0) is 20.2. The number of aromatic nitrogens is 4. The lowest BCUT2D eigenvalue weighted by Gasteiger charge is -2.32. The molecule has 29 heavy (non-hydrogen) atoms. The molecule has 1 saturated heterocycles. The van der Waals surface area contributed by atoms with Crippen LogP contribution < -0.4 is 4.74 Å². The number of rotatable bonds is 5. The van der Waals surface area contributed by atoms with Crippen molar-refractivity contribution in [3.63, 3.8) is 0 Å². The first kappa shape index (κ1) is 19.1. The van der Waals surface area contributed by atoms with Gasteiger partial charge in [-0.3, -0.25) is 14.3 Å². The Morgan fingerprint density at radius 2 is 2.07 bits per heavy atom. The van der Waals surface area contributed by atoms with Gasteiger partial charge in [0.1, 0.15) is 11.6 Å². The summed E-state index contributed by atoms with van der Waals surface area (Å²) in [4.78, 5) is 28.2. The lowest BCUT2D eigenvalue weighted by Crippen LogP contribution is -2.40. The summed E-state index contributed by atoms with van der Waals surface area (Å²) in [5.74, 6) is 2.77. The number of hydrogen-bond donors (Lipinski definition) is 0. The van der Waals surface area contributed by atoms with E-state index in [0.717, 1.165) is 48.0 Å². The number of nitrogens with zero attached hydrogens (tertiary/aromatic N) is 5. The summed E-state index contributed by atoms with van der Waals surface area (Å²) in [6.45, 7) is 3.41. The molecule has 0 unspecified atom stereocenters. The van der Waals surface area contributed by atoms with Gasteiger partial charge in [-0.2, -0.15) is 0 Å². The summed E-state index contributed by atoms with van der Waals surface area (Å²) in [5.41, 5.74) is 1.92. The van der Waals surface area contributed by atoms with Crippen LogP contribution in [0.2, 0.25) is 0 Å². The fraction of sp³-hybridized carbons (Fsp3) is 0.364. The SMILES string of the molecule is COc1ccc(CC(=O)N2CCC[C@@H](c3cncc(-n4ccnc4C)n3)C2)cc1. The van der Waals surface area contributed by atoms with E-state index in [4.69, 9.17) is 9.72 Å². The molecule has 1 aromatic carbocycles. The molecular formula is C22H25N5O2. The molecule has 3 heterocycles. The third kappa shape index (κ3) is 4.29. The first-order chi connectivity index (χ1) is 14.1. The van der Waals surface area contributed by atoms with Crippen molar-refractivity contribution in [3.8, 4) is 11.6 Å². The predicted octanol–water partition coefficient (Wildman–Crippen LogP) is 2.93. The Balaban J connectivity index is 1.45. The number of aryl methyl sites for hydroxylation is 1. The van der Waals surface area contributed by atoms with Gasteiger partial charge >= 0.3 is 0 Å². The van der Waals surface area contributed by atoms with Crippen molar-refractivity contribution in [3.05, 3.63) is 66.1 Å². The van der Waals surface area contributed by atoms with Crippen LogP contribution in [0.5, 0.6) is 5.75 Å². The molecule has 4 rings (SSSR count). The number of ether oxygens (including phenoxy) is 1. The number of piperidine rings is 1. The minimum atomic E-state index is 0.148. The van der Waals surface area contributed by atoms with Gasteiger partial charge in [0.05, 0.1) is 25.4 Å². The number of likely N-dealkylation sites (tertiary alicyclic amines) is 1. The fourth-order valence-electron chi connectivity index (χ4n) is 3.78. The number of carbonyl (C=O) groups is 1. The van der Waals surface area contributed by atoms with Crippen molar-refractivity contribution in [1.29, 1.82) is 0 Å². The third-order valence-corrected chi connectivity index (χ3v) is 5.42. The smallest absolute Gasteiger partial charge is 0.227 e. The summed E-state index contributed by atoms with van der Waals surface area (Å²) >= 11 is 0. The van der Waals surface area contributed by atoms with E-state index >= 15 is 0 Å². The second-order valence-corrected chi connectivity index (χ2v) is 7.35. The molecule has 7 heteroatoms. The molecular weight excluding hydrogens is 366 g/mol. The molecule has 0 N–H and O–H groups in total. The Hall–Kier alpha value is -3.22. The number of imidazole rings is 1. The first-order valence-electron chi connectivity index (χ1n) is 9.87. The highest BCUT2D eigenvalue weighted by Crippen LogP contribution is 2.26. The van der Waals surface area contributed by atoms with Crippen LogP contribution in [0.1, 0.15) is 35.8 Å². The van der Waals surface area contributed by atoms with Gasteiger partial charge in [0.2, 0.25) is 5.91 Å².